The molecule has 0 bridgehead atoms. The van der Waals surface area contributed by atoms with Crippen molar-refractivity contribution in [3.8, 4) is 28.6 Å². The van der Waals surface area contributed by atoms with Gasteiger partial charge in [-0.2, -0.15) is 0 Å². The number of amides is 2. The Bertz CT molecular complexity index is 1670. The molecule has 9 nitrogen and oxygen atoms in total. The number of fused-ring (bicyclic) bond motifs is 1. The van der Waals surface area contributed by atoms with E-state index < -0.39 is 0 Å². The molecule has 1 heterocycles. The normalized spacial score (nSPS) is 10.7. The Kier molecular flexibility index (Phi) is 7.37. The molecule has 2 amide bonds. The standard InChI is InChI=1S/C31H28N4O5/c1-18-14-23(33-31(37)21-15-25(38-2)28(40-4)26(16-21)39-3)17-24-27(18)35-29(34-24)19-10-12-22(13-11-19)32-30(36)20-8-6-5-7-9-20/h5-17H,1-4H3,(H,32,36)(H,33,37)(H,34,35). The summed E-state index contributed by atoms with van der Waals surface area (Å²) in [5, 5.41) is 5.84. The van der Waals surface area contributed by atoms with Gasteiger partial charge in [0.15, 0.2) is 11.5 Å². The van der Waals surface area contributed by atoms with Gasteiger partial charge in [0.1, 0.15) is 5.82 Å². The highest BCUT2D eigenvalue weighted by atomic mass is 16.5. The summed E-state index contributed by atoms with van der Waals surface area (Å²) < 4.78 is 16.1. The lowest BCUT2D eigenvalue weighted by molar-refractivity contribution is 0.101. The average Bonchev–Trinajstić information content (AvgIpc) is 3.42. The number of aryl methyl sites for hydroxylation is 1. The Hall–Kier alpha value is -5.31. The lowest BCUT2D eigenvalue weighted by Gasteiger charge is -2.14. The summed E-state index contributed by atoms with van der Waals surface area (Å²) in [6, 6.07) is 23.4. The third-order valence-corrected chi connectivity index (χ3v) is 6.41. The molecule has 9 heteroatoms. The van der Waals surface area contributed by atoms with Crippen LogP contribution >= 0.6 is 0 Å². The van der Waals surface area contributed by atoms with Crippen LogP contribution in [0.2, 0.25) is 0 Å². The summed E-state index contributed by atoms with van der Waals surface area (Å²) in [6.07, 6.45) is 0. The molecule has 40 heavy (non-hydrogen) atoms. The molecule has 0 atom stereocenters. The second kappa shape index (κ2) is 11.2. The van der Waals surface area contributed by atoms with Gasteiger partial charge in [0.2, 0.25) is 5.75 Å². The minimum absolute atomic E-state index is 0.172. The van der Waals surface area contributed by atoms with Crippen LogP contribution in [0.15, 0.2) is 78.9 Å². The third-order valence-electron chi connectivity index (χ3n) is 6.41. The quantitative estimate of drug-likeness (QED) is 0.222. The smallest absolute Gasteiger partial charge is 0.255 e. The molecule has 0 fully saturated rings. The Morgan fingerprint density at radius 3 is 1.98 bits per heavy atom. The minimum atomic E-state index is -0.328. The summed E-state index contributed by atoms with van der Waals surface area (Å²) in [5.74, 6) is 1.37. The number of nitrogens with one attached hydrogen (secondary N) is 3. The molecule has 0 saturated heterocycles. The summed E-state index contributed by atoms with van der Waals surface area (Å²) in [6.45, 7) is 1.93. The van der Waals surface area contributed by atoms with Gasteiger partial charge >= 0.3 is 0 Å². The maximum atomic E-state index is 13.1. The number of rotatable bonds is 8. The van der Waals surface area contributed by atoms with Crippen LogP contribution in [-0.4, -0.2) is 43.1 Å². The van der Waals surface area contributed by atoms with Crippen molar-refractivity contribution in [1.29, 1.82) is 0 Å². The molecule has 202 valence electrons. The predicted octanol–water partition coefficient (Wildman–Crippen LogP) is 6.07. The van der Waals surface area contributed by atoms with Crippen molar-refractivity contribution < 1.29 is 23.8 Å². The molecule has 1 aromatic heterocycles. The third kappa shape index (κ3) is 5.30. The zero-order valence-corrected chi connectivity index (χ0v) is 22.5. The number of aromatic amines is 1. The van der Waals surface area contributed by atoms with Crippen molar-refractivity contribution in [3.05, 3.63) is 95.6 Å². The Morgan fingerprint density at radius 2 is 1.35 bits per heavy atom. The number of benzene rings is 4. The van der Waals surface area contributed by atoms with Crippen LogP contribution < -0.4 is 24.8 Å². The van der Waals surface area contributed by atoms with Crippen LogP contribution in [0.25, 0.3) is 22.4 Å². The molecule has 0 aliphatic rings. The maximum Gasteiger partial charge on any atom is 0.255 e. The predicted molar refractivity (Wildman–Crippen MR) is 155 cm³/mol. The number of anilines is 2. The van der Waals surface area contributed by atoms with E-state index in [0.29, 0.717) is 45.6 Å². The van der Waals surface area contributed by atoms with Gasteiger partial charge in [0.25, 0.3) is 11.8 Å². The minimum Gasteiger partial charge on any atom is -0.493 e. The largest absolute Gasteiger partial charge is 0.493 e. The number of H-pyrrole nitrogens is 1. The molecule has 0 aliphatic heterocycles. The molecule has 0 unspecified atom stereocenters. The Balaban J connectivity index is 1.35. The number of ether oxygens (including phenoxy) is 3. The number of carbonyl (C=O) groups excluding carboxylic acids is 2. The molecule has 0 radical (unpaired) electrons. The first-order chi connectivity index (χ1) is 19.4. The fraction of sp³-hybridized carbons (Fsp3) is 0.129. The van der Waals surface area contributed by atoms with Crippen molar-refractivity contribution in [3.63, 3.8) is 0 Å². The van der Waals surface area contributed by atoms with Crippen molar-refractivity contribution in [1.82, 2.24) is 9.97 Å². The first kappa shape index (κ1) is 26.3. The van der Waals surface area contributed by atoms with Crippen LogP contribution in [-0.2, 0) is 0 Å². The first-order valence-corrected chi connectivity index (χ1v) is 12.5. The molecule has 0 aliphatic carbocycles. The van der Waals surface area contributed by atoms with Gasteiger partial charge in [0.05, 0.1) is 32.4 Å². The number of hydrogen-bond acceptors (Lipinski definition) is 6. The van der Waals surface area contributed by atoms with Crippen LogP contribution in [0.5, 0.6) is 17.2 Å². The zero-order valence-electron chi connectivity index (χ0n) is 22.5. The topological polar surface area (TPSA) is 115 Å². The lowest BCUT2D eigenvalue weighted by atomic mass is 10.1. The molecular weight excluding hydrogens is 508 g/mol. The summed E-state index contributed by atoms with van der Waals surface area (Å²) in [4.78, 5) is 33.6. The van der Waals surface area contributed by atoms with E-state index >= 15 is 0 Å². The SMILES string of the molecule is COc1cc(C(=O)Nc2cc(C)c3nc(-c4ccc(NC(=O)c5ccccc5)cc4)[nH]c3c2)cc(OC)c1OC. The van der Waals surface area contributed by atoms with Gasteiger partial charge in [-0.05, 0) is 73.2 Å². The average molecular weight is 537 g/mol. The molecule has 5 rings (SSSR count). The monoisotopic (exact) mass is 536 g/mol. The van der Waals surface area contributed by atoms with Gasteiger partial charge in [0, 0.05) is 28.1 Å². The van der Waals surface area contributed by atoms with Crippen molar-refractivity contribution in [2.24, 2.45) is 0 Å². The molecular formula is C31H28N4O5. The van der Waals surface area contributed by atoms with E-state index in [9.17, 15) is 9.59 Å². The Morgan fingerprint density at radius 1 is 0.725 bits per heavy atom. The van der Waals surface area contributed by atoms with Gasteiger partial charge in [-0.1, -0.05) is 18.2 Å². The van der Waals surface area contributed by atoms with E-state index in [4.69, 9.17) is 19.2 Å². The van der Waals surface area contributed by atoms with Gasteiger partial charge in [-0.15, -0.1) is 0 Å². The fourth-order valence-corrected chi connectivity index (χ4v) is 4.42. The highest BCUT2D eigenvalue weighted by Crippen LogP contribution is 2.38. The number of aromatic nitrogens is 2. The zero-order chi connectivity index (χ0) is 28.2. The summed E-state index contributed by atoms with van der Waals surface area (Å²) in [5.41, 5.74) is 5.56. The van der Waals surface area contributed by atoms with Gasteiger partial charge in [-0.25, -0.2) is 4.98 Å². The Labute approximate surface area is 231 Å². The molecule has 0 saturated carbocycles. The van der Waals surface area contributed by atoms with Gasteiger partial charge < -0.3 is 29.8 Å². The van der Waals surface area contributed by atoms with E-state index in [-0.39, 0.29) is 11.8 Å². The molecule has 0 spiro atoms. The molecule has 3 N–H and O–H groups in total. The van der Waals surface area contributed by atoms with Crippen molar-refractivity contribution in [2.45, 2.75) is 6.92 Å². The molecule has 4 aromatic carbocycles. The highest BCUT2D eigenvalue weighted by Gasteiger charge is 2.18. The first-order valence-electron chi connectivity index (χ1n) is 12.5. The van der Waals surface area contributed by atoms with E-state index in [1.807, 2.05) is 61.5 Å². The second-order valence-electron chi connectivity index (χ2n) is 9.04. The van der Waals surface area contributed by atoms with E-state index in [1.54, 1.807) is 24.3 Å². The van der Waals surface area contributed by atoms with E-state index in [2.05, 4.69) is 15.6 Å². The number of hydrogen-bond donors (Lipinski definition) is 3. The van der Waals surface area contributed by atoms with Crippen molar-refractivity contribution in [2.75, 3.05) is 32.0 Å². The molecule has 5 aromatic rings. The summed E-state index contributed by atoms with van der Waals surface area (Å²) >= 11 is 0. The van der Waals surface area contributed by atoms with Crippen LogP contribution in [0.4, 0.5) is 11.4 Å². The number of imidazole rings is 1. The van der Waals surface area contributed by atoms with Gasteiger partial charge in [-0.3, -0.25) is 9.59 Å². The number of methoxy groups -OCH3 is 3. The second-order valence-corrected chi connectivity index (χ2v) is 9.04. The number of nitrogens with zero attached hydrogens (tertiary/aromatic N) is 1. The van der Waals surface area contributed by atoms with Crippen LogP contribution in [0, 0.1) is 6.92 Å². The van der Waals surface area contributed by atoms with Crippen LogP contribution in [0.1, 0.15) is 26.3 Å². The fourth-order valence-electron chi connectivity index (χ4n) is 4.42. The maximum absolute atomic E-state index is 13.1. The van der Waals surface area contributed by atoms with E-state index in [1.165, 1.54) is 21.3 Å². The van der Waals surface area contributed by atoms with Crippen molar-refractivity contribution >= 4 is 34.2 Å². The van der Waals surface area contributed by atoms with E-state index in [0.717, 1.165) is 22.2 Å². The number of carbonyl (C=O) groups is 2. The highest BCUT2D eigenvalue weighted by molar-refractivity contribution is 6.06. The lowest BCUT2D eigenvalue weighted by Crippen LogP contribution is -2.12. The van der Waals surface area contributed by atoms with Crippen LogP contribution in [0.3, 0.4) is 0 Å². The summed E-state index contributed by atoms with van der Waals surface area (Å²) in [7, 11) is 4.51.